The topological polar surface area (TPSA) is 49.7 Å². The zero-order valence-corrected chi connectivity index (χ0v) is 13.6. The summed E-state index contributed by atoms with van der Waals surface area (Å²) in [5, 5.41) is 4.47. The maximum absolute atomic E-state index is 4.47. The molecule has 0 aliphatic carbocycles. The molecule has 0 fully saturated rings. The second kappa shape index (κ2) is 5.57. The van der Waals surface area contributed by atoms with Crippen molar-refractivity contribution >= 4 is 5.69 Å². The van der Waals surface area contributed by atoms with Crippen LogP contribution in [0.25, 0.3) is 11.3 Å². The average molecular weight is 307 g/mol. The molecule has 1 aromatic carbocycles. The van der Waals surface area contributed by atoms with Crippen molar-refractivity contribution in [2.75, 3.05) is 11.4 Å². The number of benzene rings is 1. The summed E-state index contributed by atoms with van der Waals surface area (Å²) in [6.45, 7) is 7.09. The van der Waals surface area contributed by atoms with Gasteiger partial charge in [0.1, 0.15) is 0 Å². The van der Waals surface area contributed by atoms with Gasteiger partial charge in [0.25, 0.3) is 0 Å². The number of hydrogen-bond donors (Lipinski definition) is 1. The molecule has 1 N–H and O–H groups in total. The molecule has 5 nitrogen and oxygen atoms in total. The number of hydrogen-bond acceptors (Lipinski definition) is 3. The molecule has 1 aliphatic heterocycles. The van der Waals surface area contributed by atoms with Crippen molar-refractivity contribution in [2.45, 2.75) is 33.4 Å². The molecule has 2 aromatic heterocycles. The minimum atomic E-state index is 0.877. The van der Waals surface area contributed by atoms with E-state index in [1.165, 1.54) is 28.1 Å². The van der Waals surface area contributed by atoms with E-state index in [2.05, 4.69) is 56.7 Å². The van der Waals surface area contributed by atoms with Crippen LogP contribution >= 0.6 is 0 Å². The van der Waals surface area contributed by atoms with Gasteiger partial charge in [-0.25, -0.2) is 4.98 Å². The Labute approximate surface area is 136 Å². The van der Waals surface area contributed by atoms with Crippen LogP contribution in [0.15, 0.2) is 36.9 Å². The third-order valence-electron chi connectivity index (χ3n) is 4.59. The molecule has 23 heavy (non-hydrogen) atoms. The lowest BCUT2D eigenvalue weighted by Gasteiger charge is -2.19. The number of anilines is 1. The minimum Gasteiger partial charge on any atom is -0.365 e. The van der Waals surface area contributed by atoms with E-state index >= 15 is 0 Å². The van der Waals surface area contributed by atoms with Crippen LogP contribution in [0.5, 0.6) is 0 Å². The van der Waals surface area contributed by atoms with Gasteiger partial charge in [0.15, 0.2) is 0 Å². The van der Waals surface area contributed by atoms with Crippen LogP contribution in [0.1, 0.15) is 23.7 Å². The van der Waals surface area contributed by atoms with E-state index in [4.69, 9.17) is 0 Å². The summed E-state index contributed by atoms with van der Waals surface area (Å²) in [5.41, 5.74) is 7.61. The largest absolute Gasteiger partial charge is 0.365 e. The summed E-state index contributed by atoms with van der Waals surface area (Å²) in [6, 6.07) is 6.81. The lowest BCUT2D eigenvalue weighted by Crippen LogP contribution is -2.19. The number of nitrogens with one attached hydrogen (secondary N) is 1. The average Bonchev–Trinajstić information content (AvgIpc) is 3.28. The monoisotopic (exact) mass is 307 g/mol. The zero-order chi connectivity index (χ0) is 15.8. The van der Waals surface area contributed by atoms with Gasteiger partial charge >= 0.3 is 0 Å². The predicted molar refractivity (Wildman–Crippen MR) is 91.4 cm³/mol. The second-order valence-corrected chi connectivity index (χ2v) is 6.08. The molecule has 0 amide bonds. The van der Waals surface area contributed by atoms with Crippen molar-refractivity contribution in [3.8, 4) is 11.3 Å². The molecular formula is C18H21N5. The first-order valence-electron chi connectivity index (χ1n) is 8.14. The molecule has 0 spiro atoms. The quantitative estimate of drug-likeness (QED) is 0.805. The number of nitrogens with zero attached hydrogens (tertiary/aromatic N) is 4. The van der Waals surface area contributed by atoms with Gasteiger partial charge in [-0.3, -0.25) is 4.68 Å². The molecule has 0 bridgehead atoms. The van der Waals surface area contributed by atoms with Crippen molar-refractivity contribution in [3.05, 3.63) is 53.7 Å². The highest BCUT2D eigenvalue weighted by atomic mass is 15.3. The number of aryl methyl sites for hydroxylation is 2. The van der Waals surface area contributed by atoms with E-state index in [1.807, 2.05) is 12.4 Å². The lowest BCUT2D eigenvalue weighted by molar-refractivity contribution is 0.667. The fourth-order valence-electron chi connectivity index (χ4n) is 3.43. The SMILES string of the molecule is CCn1ncc(C)c1-c1ccc2c(c1)N(Cc1cnc[nH]1)CC2. The maximum Gasteiger partial charge on any atom is 0.0922 e. The maximum atomic E-state index is 4.47. The summed E-state index contributed by atoms with van der Waals surface area (Å²) in [4.78, 5) is 9.74. The molecule has 0 saturated heterocycles. The molecule has 118 valence electrons. The van der Waals surface area contributed by atoms with Crippen molar-refractivity contribution < 1.29 is 0 Å². The fraction of sp³-hybridized carbons (Fsp3) is 0.333. The number of rotatable bonds is 4. The van der Waals surface area contributed by atoms with E-state index in [0.29, 0.717) is 0 Å². The van der Waals surface area contributed by atoms with Crippen LogP contribution in [0.3, 0.4) is 0 Å². The van der Waals surface area contributed by atoms with Gasteiger partial charge in [-0.15, -0.1) is 0 Å². The van der Waals surface area contributed by atoms with Crippen molar-refractivity contribution in [1.29, 1.82) is 0 Å². The lowest BCUT2D eigenvalue weighted by atomic mass is 10.0. The van der Waals surface area contributed by atoms with Crippen LogP contribution in [0.2, 0.25) is 0 Å². The van der Waals surface area contributed by atoms with E-state index in [0.717, 1.165) is 31.7 Å². The number of fused-ring (bicyclic) bond motifs is 1. The highest BCUT2D eigenvalue weighted by Crippen LogP contribution is 2.34. The minimum absolute atomic E-state index is 0.877. The molecule has 0 saturated carbocycles. The summed E-state index contributed by atoms with van der Waals surface area (Å²) >= 11 is 0. The van der Waals surface area contributed by atoms with Crippen LogP contribution in [-0.4, -0.2) is 26.3 Å². The van der Waals surface area contributed by atoms with E-state index in [-0.39, 0.29) is 0 Å². The predicted octanol–water partition coefficient (Wildman–Crippen LogP) is 3.16. The van der Waals surface area contributed by atoms with E-state index < -0.39 is 0 Å². The molecule has 0 atom stereocenters. The highest BCUT2D eigenvalue weighted by Gasteiger charge is 2.21. The highest BCUT2D eigenvalue weighted by molar-refractivity contribution is 5.72. The van der Waals surface area contributed by atoms with Crippen LogP contribution in [-0.2, 0) is 19.5 Å². The first kappa shape index (κ1) is 14.1. The van der Waals surface area contributed by atoms with Gasteiger partial charge in [-0.05, 0) is 37.5 Å². The van der Waals surface area contributed by atoms with Crippen molar-refractivity contribution in [2.24, 2.45) is 0 Å². The molecular weight excluding hydrogens is 286 g/mol. The molecule has 0 unspecified atom stereocenters. The second-order valence-electron chi connectivity index (χ2n) is 6.08. The smallest absolute Gasteiger partial charge is 0.0922 e. The Hall–Kier alpha value is -2.56. The molecule has 3 heterocycles. The summed E-state index contributed by atoms with van der Waals surface area (Å²) in [7, 11) is 0. The molecule has 3 aromatic rings. The first-order chi connectivity index (χ1) is 11.3. The molecule has 0 radical (unpaired) electrons. The number of aromatic amines is 1. The Morgan fingerprint density at radius 3 is 2.96 bits per heavy atom. The van der Waals surface area contributed by atoms with Gasteiger partial charge in [0.2, 0.25) is 0 Å². The van der Waals surface area contributed by atoms with Gasteiger partial charge in [-0.1, -0.05) is 12.1 Å². The number of imidazole rings is 1. The fourth-order valence-corrected chi connectivity index (χ4v) is 3.43. The van der Waals surface area contributed by atoms with Crippen LogP contribution in [0, 0.1) is 6.92 Å². The van der Waals surface area contributed by atoms with Gasteiger partial charge in [0, 0.05) is 30.5 Å². The molecule has 1 aliphatic rings. The Balaban J connectivity index is 1.71. The summed E-state index contributed by atoms with van der Waals surface area (Å²) in [5.74, 6) is 0. The molecule has 4 rings (SSSR count). The normalized spacial score (nSPS) is 13.6. The standard InChI is InChI=1S/C18H21N5/c1-3-23-18(13(2)9-21-23)15-5-4-14-6-7-22(17(14)8-15)11-16-10-19-12-20-16/h4-5,8-10,12H,3,6-7,11H2,1-2H3,(H,19,20). The Kier molecular flexibility index (Phi) is 3.41. The first-order valence-corrected chi connectivity index (χ1v) is 8.14. The Morgan fingerprint density at radius 2 is 2.17 bits per heavy atom. The van der Waals surface area contributed by atoms with Crippen LogP contribution < -0.4 is 4.90 Å². The third-order valence-corrected chi connectivity index (χ3v) is 4.59. The van der Waals surface area contributed by atoms with E-state index in [1.54, 1.807) is 6.33 Å². The Morgan fingerprint density at radius 1 is 1.26 bits per heavy atom. The zero-order valence-electron chi connectivity index (χ0n) is 13.6. The molecule has 5 heteroatoms. The summed E-state index contributed by atoms with van der Waals surface area (Å²) < 4.78 is 2.07. The van der Waals surface area contributed by atoms with E-state index in [9.17, 15) is 0 Å². The van der Waals surface area contributed by atoms with Gasteiger partial charge in [0.05, 0.1) is 30.5 Å². The van der Waals surface area contributed by atoms with Gasteiger partial charge in [-0.2, -0.15) is 5.10 Å². The third kappa shape index (κ3) is 2.42. The summed E-state index contributed by atoms with van der Waals surface area (Å²) in [6.07, 6.45) is 6.70. The number of aromatic nitrogens is 4. The van der Waals surface area contributed by atoms with Crippen LogP contribution in [0.4, 0.5) is 5.69 Å². The van der Waals surface area contributed by atoms with Crippen molar-refractivity contribution in [1.82, 2.24) is 19.7 Å². The van der Waals surface area contributed by atoms with Gasteiger partial charge < -0.3 is 9.88 Å². The Bertz CT molecular complexity index is 816. The van der Waals surface area contributed by atoms with Crippen molar-refractivity contribution in [3.63, 3.8) is 0 Å². The number of H-pyrrole nitrogens is 1.